The van der Waals surface area contributed by atoms with E-state index in [0.29, 0.717) is 5.56 Å². The van der Waals surface area contributed by atoms with Gasteiger partial charge < -0.3 is 9.90 Å². The van der Waals surface area contributed by atoms with Crippen molar-refractivity contribution in [3.63, 3.8) is 0 Å². The van der Waals surface area contributed by atoms with E-state index in [2.05, 4.69) is 0 Å². The van der Waals surface area contributed by atoms with Crippen molar-refractivity contribution >= 4 is 11.9 Å². The largest absolute Gasteiger partial charge is 1.00 e. The third-order valence-corrected chi connectivity index (χ3v) is 2.53. The van der Waals surface area contributed by atoms with Gasteiger partial charge in [0.1, 0.15) is 5.82 Å². The number of rotatable bonds is 4. The predicted molar refractivity (Wildman–Crippen MR) is 57.5 cm³/mol. The van der Waals surface area contributed by atoms with Gasteiger partial charge in [-0.2, -0.15) is 0 Å². The molecule has 0 fully saturated rings. The number of halogens is 1. The number of carboxylic acid groups (broad SMARTS) is 1. The monoisotopic (exact) mass is 293 g/mol. The average molecular weight is 293 g/mol. The van der Waals surface area contributed by atoms with Crippen molar-refractivity contribution in [2.24, 2.45) is 5.41 Å². The van der Waals surface area contributed by atoms with Crippen LogP contribution in [0.2, 0.25) is 0 Å². The van der Waals surface area contributed by atoms with Gasteiger partial charge in [-0.15, -0.1) is 0 Å². The van der Waals surface area contributed by atoms with Gasteiger partial charge in [-0.05, 0) is 31.5 Å². The number of carbonyl (C=O) groups is 2. The molecule has 1 N–H and O–H groups in total. The molecule has 1 aromatic rings. The molecule has 0 heterocycles. The van der Waals surface area contributed by atoms with Crippen molar-refractivity contribution in [1.29, 1.82) is 0 Å². The second-order valence-electron chi connectivity index (χ2n) is 4.40. The molecule has 0 aromatic heterocycles. The molecule has 1 aromatic carbocycles. The fourth-order valence-electron chi connectivity index (χ4n) is 1.24. The van der Waals surface area contributed by atoms with E-state index in [0.717, 1.165) is 13.8 Å². The van der Waals surface area contributed by atoms with Crippen molar-refractivity contribution < 1.29 is 75.7 Å². The number of carboxylic acids is 1. The molecule has 0 bridgehead atoms. The maximum atomic E-state index is 12.6. The van der Waals surface area contributed by atoms with E-state index >= 15 is 0 Å². The van der Waals surface area contributed by atoms with Crippen LogP contribution in [0.15, 0.2) is 24.3 Å². The zero-order chi connectivity index (χ0) is 13.9. The van der Waals surface area contributed by atoms with Gasteiger partial charge in [-0.25, -0.2) is 9.45 Å². The fourth-order valence-corrected chi connectivity index (χ4v) is 1.24. The zero-order valence-electron chi connectivity index (χ0n) is 11.0. The first-order valence-corrected chi connectivity index (χ1v) is 5.22. The molecule has 0 aliphatic rings. The van der Waals surface area contributed by atoms with Gasteiger partial charge >= 0.3 is 51.4 Å². The van der Waals surface area contributed by atoms with Crippen molar-refractivity contribution in [2.45, 2.75) is 20.4 Å². The Hall–Kier alpha value is -0.314. The molecule has 19 heavy (non-hydrogen) atoms. The molecule has 0 unspecified atom stereocenters. The second kappa shape index (κ2) is 7.46. The number of benzene rings is 1. The van der Waals surface area contributed by atoms with Crippen LogP contribution in [0.5, 0.6) is 0 Å². The molecule has 98 valence electrons. The van der Waals surface area contributed by atoms with Gasteiger partial charge in [0.15, 0.2) is 0 Å². The number of hydroxylamine groups is 2. The van der Waals surface area contributed by atoms with Crippen molar-refractivity contribution in [3.05, 3.63) is 35.6 Å². The summed E-state index contributed by atoms with van der Waals surface area (Å²) in [7, 11) is 0. The summed E-state index contributed by atoms with van der Waals surface area (Å²) in [5, 5.41) is 20.5. The molecule has 7 heteroatoms. The van der Waals surface area contributed by atoms with E-state index in [1.807, 2.05) is 0 Å². The van der Waals surface area contributed by atoms with Crippen molar-refractivity contribution in [3.8, 4) is 0 Å². The van der Waals surface area contributed by atoms with Crippen LogP contribution in [-0.2, 0) is 16.1 Å². The van der Waals surface area contributed by atoms with Crippen LogP contribution in [0, 0.1) is 11.2 Å². The molecule has 0 saturated heterocycles. The fraction of sp³-hybridized carbons (Fsp3) is 0.333. The number of aliphatic carboxylic acids is 1. The van der Waals surface area contributed by atoms with Crippen molar-refractivity contribution in [1.82, 2.24) is 5.06 Å². The molecule has 0 saturated carbocycles. The summed E-state index contributed by atoms with van der Waals surface area (Å²) in [5.74, 6) is -3.01. The Balaban J connectivity index is 0.00000324. The van der Waals surface area contributed by atoms with E-state index in [1.165, 1.54) is 24.3 Å². The Kier molecular flexibility index (Phi) is 7.34. The molecule has 0 aliphatic carbocycles. The minimum absolute atomic E-state index is 0. The Morgan fingerprint density at radius 2 is 1.79 bits per heavy atom. The molecule has 5 nitrogen and oxygen atoms in total. The van der Waals surface area contributed by atoms with Gasteiger partial charge in [-0.1, -0.05) is 12.1 Å². The van der Waals surface area contributed by atoms with E-state index in [1.54, 1.807) is 0 Å². The van der Waals surface area contributed by atoms with Crippen molar-refractivity contribution in [2.75, 3.05) is 0 Å². The van der Waals surface area contributed by atoms with Crippen LogP contribution in [0.25, 0.3) is 0 Å². The maximum absolute atomic E-state index is 12.6. The Morgan fingerprint density at radius 1 is 1.32 bits per heavy atom. The van der Waals surface area contributed by atoms with E-state index in [-0.39, 0.29) is 63.0 Å². The van der Waals surface area contributed by atoms with Gasteiger partial charge in [0.05, 0.1) is 17.9 Å². The summed E-state index contributed by atoms with van der Waals surface area (Å²) >= 11 is 0. The minimum Gasteiger partial charge on any atom is -0.549 e. The first-order valence-electron chi connectivity index (χ1n) is 5.22. The SMILES string of the molecule is CC(C)(C(=O)[O-])C(=O)N(O)Cc1ccc(F)cc1.[K+]. The van der Waals surface area contributed by atoms with E-state index in [4.69, 9.17) is 0 Å². The normalized spacial score (nSPS) is 10.5. The Morgan fingerprint density at radius 3 is 2.21 bits per heavy atom. The van der Waals surface area contributed by atoms with Gasteiger partial charge in [0.2, 0.25) is 0 Å². The third kappa shape index (κ3) is 4.94. The Labute approximate surface area is 152 Å². The second-order valence-corrected chi connectivity index (χ2v) is 4.40. The first kappa shape index (κ1) is 18.7. The van der Waals surface area contributed by atoms with E-state index < -0.39 is 23.1 Å². The maximum Gasteiger partial charge on any atom is 1.00 e. The molecule has 1 amide bonds. The van der Waals surface area contributed by atoms with Crippen LogP contribution in [0.4, 0.5) is 4.39 Å². The number of amides is 1. The molecule has 0 radical (unpaired) electrons. The number of carbonyl (C=O) groups excluding carboxylic acids is 2. The smallest absolute Gasteiger partial charge is 0.549 e. The first-order chi connectivity index (χ1) is 8.25. The quantitative estimate of drug-likeness (QED) is 0.284. The standard InChI is InChI=1S/C12H14FNO4.K/c1-12(2,11(16)17)10(15)14(18)7-8-3-5-9(13)6-4-8;/h3-6,18H,7H2,1-2H3,(H,16,17);/q;+1/p-1. The molecular formula is C12H13FKNO4. The van der Waals surface area contributed by atoms with Crippen LogP contribution in [-0.4, -0.2) is 22.1 Å². The summed E-state index contributed by atoms with van der Waals surface area (Å²) in [5.41, 5.74) is -1.35. The summed E-state index contributed by atoms with van der Waals surface area (Å²) < 4.78 is 12.6. The summed E-state index contributed by atoms with van der Waals surface area (Å²) in [6, 6.07) is 5.13. The molecular weight excluding hydrogens is 280 g/mol. The minimum atomic E-state index is -1.82. The molecule has 1 rings (SSSR count). The molecule has 0 spiro atoms. The van der Waals surface area contributed by atoms with Gasteiger partial charge in [-0.3, -0.25) is 10.0 Å². The Bertz CT molecular complexity index is 461. The van der Waals surface area contributed by atoms with Crippen LogP contribution < -0.4 is 56.5 Å². The summed E-state index contributed by atoms with van der Waals surface area (Å²) in [4.78, 5) is 22.4. The zero-order valence-corrected chi connectivity index (χ0v) is 14.1. The predicted octanol–water partition coefficient (Wildman–Crippen LogP) is -2.68. The summed E-state index contributed by atoms with van der Waals surface area (Å²) in [6.45, 7) is 2.05. The van der Waals surface area contributed by atoms with Crippen LogP contribution in [0.1, 0.15) is 19.4 Å². The van der Waals surface area contributed by atoms with E-state index in [9.17, 15) is 24.3 Å². The van der Waals surface area contributed by atoms with Gasteiger partial charge in [0.25, 0.3) is 5.91 Å². The molecule has 0 atom stereocenters. The summed E-state index contributed by atoms with van der Waals surface area (Å²) in [6.07, 6.45) is 0. The van der Waals surface area contributed by atoms with Crippen LogP contribution in [0.3, 0.4) is 0 Å². The number of nitrogens with zero attached hydrogens (tertiary/aromatic N) is 1. The number of hydrogen-bond donors (Lipinski definition) is 1. The van der Waals surface area contributed by atoms with Crippen LogP contribution >= 0.6 is 0 Å². The third-order valence-electron chi connectivity index (χ3n) is 2.53. The topological polar surface area (TPSA) is 80.7 Å². The molecule has 0 aliphatic heterocycles. The average Bonchev–Trinajstić information content (AvgIpc) is 2.30. The number of hydrogen-bond acceptors (Lipinski definition) is 4. The van der Waals surface area contributed by atoms with Gasteiger partial charge in [0, 0.05) is 0 Å².